The minimum absolute atomic E-state index is 0. The zero-order valence-electron chi connectivity index (χ0n) is 14.6. The van der Waals surface area contributed by atoms with E-state index in [0.29, 0.717) is 13.2 Å². The zero-order chi connectivity index (χ0) is 16.6. The third-order valence-corrected chi connectivity index (χ3v) is 4.05. The lowest BCUT2D eigenvalue weighted by Crippen LogP contribution is -2.44. The van der Waals surface area contributed by atoms with E-state index in [9.17, 15) is 0 Å². The van der Waals surface area contributed by atoms with Crippen LogP contribution in [0.5, 0.6) is 11.5 Å². The average Bonchev–Trinajstić information content (AvgIpc) is 2.62. The summed E-state index contributed by atoms with van der Waals surface area (Å²) >= 11 is 0. The molecule has 5 heteroatoms. The van der Waals surface area contributed by atoms with Crippen LogP contribution in [0.2, 0.25) is 0 Å². The smallest absolute Gasteiger partial charge is 0.161 e. The quantitative estimate of drug-likeness (QED) is 0.695. The van der Waals surface area contributed by atoms with E-state index in [1.165, 1.54) is 5.56 Å². The Morgan fingerprint density at radius 2 is 1.68 bits per heavy atom. The van der Waals surface area contributed by atoms with Crippen molar-refractivity contribution in [3.63, 3.8) is 0 Å². The van der Waals surface area contributed by atoms with Gasteiger partial charge in [0.2, 0.25) is 0 Å². The Bertz CT molecular complexity index is 623. The van der Waals surface area contributed by atoms with Gasteiger partial charge in [0.15, 0.2) is 11.5 Å². The van der Waals surface area contributed by atoms with E-state index < -0.39 is 0 Å². The Morgan fingerprint density at radius 1 is 1.00 bits per heavy atom. The molecule has 0 aromatic heterocycles. The molecule has 0 aliphatic carbocycles. The average molecular weight is 408 g/mol. The largest absolute Gasteiger partial charge is 0.490 e. The second-order valence-corrected chi connectivity index (χ2v) is 5.90. The minimum Gasteiger partial charge on any atom is -0.490 e. The molecule has 136 valence electrons. The van der Waals surface area contributed by atoms with E-state index in [2.05, 4.69) is 35.2 Å². The first-order valence-corrected chi connectivity index (χ1v) is 8.57. The molecule has 0 spiro atoms. The summed E-state index contributed by atoms with van der Waals surface area (Å²) in [6.07, 6.45) is 0.0807. The molecule has 1 unspecified atom stereocenters. The summed E-state index contributed by atoms with van der Waals surface area (Å²) < 4.78 is 17.4. The summed E-state index contributed by atoms with van der Waals surface area (Å²) in [4.78, 5) is 2.42. The Hall–Kier alpha value is -1.56. The standard InChI is InChI=1S/C20H25NO3.BrH/c1-2-22-19-10-6-7-11-20(19)24-16-18-15-21(12-13-23-18)14-17-8-4-3-5-9-17;/h3-11,18H,2,12-16H2,1H3;1H. The number of hydrogen-bond donors (Lipinski definition) is 0. The van der Waals surface area contributed by atoms with Gasteiger partial charge in [-0.15, -0.1) is 17.0 Å². The molecular formula is C20H26BrNO3. The molecule has 0 N–H and O–H groups in total. The molecule has 2 aromatic rings. The molecular weight excluding hydrogens is 382 g/mol. The Kier molecular flexibility index (Phi) is 8.25. The predicted octanol–water partition coefficient (Wildman–Crippen LogP) is 3.94. The highest BCUT2D eigenvalue weighted by atomic mass is 79.9. The number of halogens is 1. The van der Waals surface area contributed by atoms with Gasteiger partial charge < -0.3 is 14.2 Å². The van der Waals surface area contributed by atoms with Crippen LogP contribution < -0.4 is 9.47 Å². The van der Waals surface area contributed by atoms with Gasteiger partial charge in [-0.05, 0) is 24.6 Å². The van der Waals surface area contributed by atoms with Crippen molar-refractivity contribution in [1.29, 1.82) is 0 Å². The highest BCUT2D eigenvalue weighted by molar-refractivity contribution is 8.93. The maximum atomic E-state index is 5.95. The van der Waals surface area contributed by atoms with Crippen LogP contribution in [-0.2, 0) is 11.3 Å². The van der Waals surface area contributed by atoms with Gasteiger partial charge in [-0.3, -0.25) is 4.90 Å². The van der Waals surface area contributed by atoms with Gasteiger partial charge in [0.25, 0.3) is 0 Å². The van der Waals surface area contributed by atoms with Gasteiger partial charge >= 0.3 is 0 Å². The number of para-hydroxylation sites is 2. The highest BCUT2D eigenvalue weighted by Crippen LogP contribution is 2.26. The number of ether oxygens (including phenoxy) is 3. The maximum Gasteiger partial charge on any atom is 0.161 e. The Labute approximate surface area is 160 Å². The lowest BCUT2D eigenvalue weighted by molar-refractivity contribution is -0.0507. The van der Waals surface area contributed by atoms with E-state index in [1.54, 1.807) is 0 Å². The monoisotopic (exact) mass is 407 g/mol. The van der Waals surface area contributed by atoms with Gasteiger partial charge in [-0.2, -0.15) is 0 Å². The first-order valence-electron chi connectivity index (χ1n) is 8.57. The number of benzene rings is 2. The van der Waals surface area contributed by atoms with E-state index in [1.807, 2.05) is 31.2 Å². The molecule has 1 heterocycles. The van der Waals surface area contributed by atoms with Crippen LogP contribution in [0.25, 0.3) is 0 Å². The van der Waals surface area contributed by atoms with Gasteiger partial charge in [-0.25, -0.2) is 0 Å². The summed E-state index contributed by atoms with van der Waals surface area (Å²) in [6.45, 7) is 6.68. The van der Waals surface area contributed by atoms with Crippen molar-refractivity contribution in [3.05, 3.63) is 60.2 Å². The van der Waals surface area contributed by atoms with Crippen molar-refractivity contribution in [1.82, 2.24) is 4.90 Å². The molecule has 1 fully saturated rings. The molecule has 0 bridgehead atoms. The highest BCUT2D eigenvalue weighted by Gasteiger charge is 2.21. The summed E-state index contributed by atoms with van der Waals surface area (Å²) in [5, 5.41) is 0. The maximum absolute atomic E-state index is 5.95. The first-order chi connectivity index (χ1) is 11.8. The molecule has 1 aliphatic rings. The molecule has 2 aromatic carbocycles. The molecule has 1 aliphatic heterocycles. The van der Waals surface area contributed by atoms with E-state index in [0.717, 1.165) is 37.7 Å². The van der Waals surface area contributed by atoms with Crippen molar-refractivity contribution in [2.75, 3.05) is 32.9 Å². The fourth-order valence-electron chi connectivity index (χ4n) is 2.89. The van der Waals surface area contributed by atoms with E-state index in [-0.39, 0.29) is 23.1 Å². The third-order valence-electron chi connectivity index (χ3n) is 4.05. The lowest BCUT2D eigenvalue weighted by Gasteiger charge is -2.32. The summed E-state index contributed by atoms with van der Waals surface area (Å²) in [5.74, 6) is 1.57. The van der Waals surface area contributed by atoms with Crippen LogP contribution in [0.3, 0.4) is 0 Å². The molecule has 0 amide bonds. The van der Waals surface area contributed by atoms with Crippen LogP contribution in [-0.4, -0.2) is 43.9 Å². The van der Waals surface area contributed by atoms with Gasteiger partial charge in [0.05, 0.1) is 13.2 Å². The normalized spacial score (nSPS) is 17.6. The minimum atomic E-state index is 0. The Morgan fingerprint density at radius 3 is 2.40 bits per heavy atom. The summed E-state index contributed by atoms with van der Waals surface area (Å²) in [6, 6.07) is 18.3. The molecule has 25 heavy (non-hydrogen) atoms. The first kappa shape index (κ1) is 19.8. The predicted molar refractivity (Wildman–Crippen MR) is 105 cm³/mol. The van der Waals surface area contributed by atoms with Crippen molar-refractivity contribution >= 4 is 17.0 Å². The van der Waals surface area contributed by atoms with Gasteiger partial charge in [0.1, 0.15) is 12.7 Å². The zero-order valence-corrected chi connectivity index (χ0v) is 16.3. The molecule has 1 saturated heterocycles. The second kappa shape index (κ2) is 10.4. The van der Waals surface area contributed by atoms with Crippen LogP contribution in [0.15, 0.2) is 54.6 Å². The molecule has 0 radical (unpaired) electrons. The number of hydrogen-bond acceptors (Lipinski definition) is 4. The van der Waals surface area contributed by atoms with Crippen molar-refractivity contribution in [2.45, 2.75) is 19.6 Å². The van der Waals surface area contributed by atoms with Crippen LogP contribution in [0.1, 0.15) is 12.5 Å². The Balaban J connectivity index is 0.00000225. The van der Waals surface area contributed by atoms with Crippen molar-refractivity contribution < 1.29 is 14.2 Å². The summed E-state index contributed by atoms with van der Waals surface area (Å²) in [7, 11) is 0. The summed E-state index contributed by atoms with van der Waals surface area (Å²) in [5.41, 5.74) is 1.33. The lowest BCUT2D eigenvalue weighted by atomic mass is 10.2. The molecule has 4 nitrogen and oxygen atoms in total. The number of nitrogens with zero attached hydrogens (tertiary/aromatic N) is 1. The molecule has 1 atom stereocenters. The van der Waals surface area contributed by atoms with E-state index in [4.69, 9.17) is 14.2 Å². The fraction of sp³-hybridized carbons (Fsp3) is 0.400. The van der Waals surface area contributed by atoms with Crippen LogP contribution in [0.4, 0.5) is 0 Å². The topological polar surface area (TPSA) is 30.9 Å². The molecule has 0 saturated carbocycles. The third kappa shape index (κ3) is 6.03. The van der Waals surface area contributed by atoms with Gasteiger partial charge in [0, 0.05) is 19.6 Å². The fourth-order valence-corrected chi connectivity index (χ4v) is 2.89. The van der Waals surface area contributed by atoms with Gasteiger partial charge in [-0.1, -0.05) is 42.5 Å². The van der Waals surface area contributed by atoms with Crippen molar-refractivity contribution in [3.8, 4) is 11.5 Å². The van der Waals surface area contributed by atoms with Crippen LogP contribution >= 0.6 is 17.0 Å². The number of rotatable bonds is 7. The second-order valence-electron chi connectivity index (χ2n) is 5.90. The van der Waals surface area contributed by atoms with Crippen molar-refractivity contribution in [2.24, 2.45) is 0 Å². The van der Waals surface area contributed by atoms with E-state index >= 15 is 0 Å². The number of morpholine rings is 1. The molecule has 3 rings (SSSR count). The SMILES string of the molecule is Br.CCOc1ccccc1OCC1CN(Cc2ccccc2)CCO1. The van der Waals surface area contributed by atoms with Crippen LogP contribution in [0, 0.1) is 0 Å².